The van der Waals surface area contributed by atoms with Gasteiger partial charge in [-0.2, -0.15) is 0 Å². The van der Waals surface area contributed by atoms with Gasteiger partial charge in [-0.25, -0.2) is 0 Å². The molecule has 0 aromatic rings. The molecule has 0 saturated carbocycles. The fourth-order valence-corrected chi connectivity index (χ4v) is 3.31. The second kappa shape index (κ2) is 4.33. The molecule has 0 N–H and O–H groups in total. The summed E-state index contributed by atoms with van der Waals surface area (Å²) in [6.45, 7) is 19.0. The summed E-state index contributed by atoms with van der Waals surface area (Å²) in [6.07, 6.45) is 2.74. The quantitative estimate of drug-likeness (QED) is 0.642. The Kier molecular flexibility index (Phi) is 3.79. The molecule has 0 radical (unpaired) electrons. The summed E-state index contributed by atoms with van der Waals surface area (Å²) in [5.41, 5.74) is 0.695. The van der Waals surface area contributed by atoms with Crippen LogP contribution >= 0.6 is 0 Å². The van der Waals surface area contributed by atoms with E-state index in [9.17, 15) is 0 Å². The van der Waals surface area contributed by atoms with E-state index < -0.39 is 0 Å². The molecule has 16 heavy (non-hydrogen) atoms. The molecule has 2 unspecified atom stereocenters. The molecule has 1 heterocycles. The van der Waals surface area contributed by atoms with E-state index in [4.69, 9.17) is 0 Å². The second-order valence-electron chi connectivity index (χ2n) is 7.85. The van der Waals surface area contributed by atoms with Gasteiger partial charge in [0.05, 0.1) is 0 Å². The van der Waals surface area contributed by atoms with E-state index in [1.54, 1.807) is 0 Å². The third-order valence-corrected chi connectivity index (χ3v) is 3.97. The highest BCUT2D eigenvalue weighted by Gasteiger charge is 2.45. The lowest BCUT2D eigenvalue weighted by molar-refractivity contribution is 0.0112. The van der Waals surface area contributed by atoms with Crippen molar-refractivity contribution in [1.82, 2.24) is 4.90 Å². The highest BCUT2D eigenvalue weighted by atomic mass is 15.3. The fraction of sp³-hybridized carbons (Fsp3) is 1.00. The summed E-state index contributed by atoms with van der Waals surface area (Å²) in [5, 5.41) is 0. The zero-order valence-corrected chi connectivity index (χ0v) is 12.6. The van der Waals surface area contributed by atoms with Gasteiger partial charge in [-0.15, -0.1) is 0 Å². The van der Waals surface area contributed by atoms with Crippen LogP contribution in [0.25, 0.3) is 0 Å². The van der Waals surface area contributed by atoms with Crippen molar-refractivity contribution in [3.63, 3.8) is 0 Å². The molecule has 0 aliphatic carbocycles. The minimum Gasteiger partial charge on any atom is -0.292 e. The van der Waals surface area contributed by atoms with Crippen LogP contribution < -0.4 is 0 Å². The Morgan fingerprint density at radius 1 is 0.938 bits per heavy atom. The van der Waals surface area contributed by atoms with Gasteiger partial charge in [0.1, 0.15) is 0 Å². The molecule has 1 nitrogen and oxygen atoms in total. The molecular formula is C15H31N. The highest BCUT2D eigenvalue weighted by Crippen LogP contribution is 2.42. The van der Waals surface area contributed by atoms with Crippen molar-refractivity contribution < 1.29 is 0 Å². The normalized spacial score (nSPS) is 29.1. The molecule has 1 aliphatic heterocycles. The van der Waals surface area contributed by atoms with Gasteiger partial charge in [-0.1, -0.05) is 34.6 Å². The van der Waals surface area contributed by atoms with Crippen LogP contribution in [0.1, 0.15) is 68.2 Å². The zero-order chi connectivity index (χ0) is 12.7. The van der Waals surface area contributed by atoms with E-state index in [0.717, 1.165) is 18.0 Å². The Bertz CT molecular complexity index is 229. The average molecular weight is 225 g/mol. The van der Waals surface area contributed by atoms with E-state index in [-0.39, 0.29) is 0 Å². The largest absolute Gasteiger partial charge is 0.292 e. The summed E-state index contributed by atoms with van der Waals surface area (Å²) in [6, 6.07) is 1.50. The summed E-state index contributed by atoms with van der Waals surface area (Å²) in [4.78, 5) is 2.79. The molecule has 1 rings (SSSR count). The molecule has 0 aromatic heterocycles. The molecular weight excluding hydrogens is 194 g/mol. The molecule has 0 bridgehead atoms. The van der Waals surface area contributed by atoms with Crippen molar-refractivity contribution in [2.75, 3.05) is 0 Å². The summed E-state index contributed by atoms with van der Waals surface area (Å²) in [7, 11) is 0. The average Bonchev–Trinajstić information content (AvgIpc) is 2.43. The van der Waals surface area contributed by atoms with Crippen molar-refractivity contribution in [1.29, 1.82) is 0 Å². The Morgan fingerprint density at radius 3 is 1.75 bits per heavy atom. The summed E-state index contributed by atoms with van der Waals surface area (Å²) in [5.74, 6) is 0.770. The maximum Gasteiger partial charge on any atom is 0.0153 e. The lowest BCUT2D eigenvalue weighted by atomic mass is 9.83. The van der Waals surface area contributed by atoms with Gasteiger partial charge in [0.2, 0.25) is 0 Å². The van der Waals surface area contributed by atoms with Crippen molar-refractivity contribution in [2.45, 2.75) is 85.9 Å². The monoisotopic (exact) mass is 225 g/mol. The molecule has 2 atom stereocenters. The number of rotatable bonds is 1. The topological polar surface area (TPSA) is 3.24 Å². The van der Waals surface area contributed by atoms with Gasteiger partial charge >= 0.3 is 0 Å². The van der Waals surface area contributed by atoms with Crippen LogP contribution in [0.4, 0.5) is 0 Å². The number of hydrogen-bond donors (Lipinski definition) is 0. The van der Waals surface area contributed by atoms with Crippen LogP contribution in [0, 0.1) is 11.3 Å². The van der Waals surface area contributed by atoms with Crippen LogP contribution in [-0.2, 0) is 0 Å². The van der Waals surface area contributed by atoms with Crippen molar-refractivity contribution in [2.24, 2.45) is 11.3 Å². The molecule has 1 aliphatic rings. The Morgan fingerprint density at radius 2 is 1.44 bits per heavy atom. The molecule has 0 aromatic carbocycles. The van der Waals surface area contributed by atoms with E-state index in [0.29, 0.717) is 11.0 Å². The third kappa shape index (κ3) is 2.80. The molecule has 1 fully saturated rings. The van der Waals surface area contributed by atoms with Gasteiger partial charge < -0.3 is 0 Å². The smallest absolute Gasteiger partial charge is 0.0153 e. The van der Waals surface area contributed by atoms with Gasteiger partial charge in [0, 0.05) is 17.6 Å². The zero-order valence-electron chi connectivity index (χ0n) is 12.6. The lowest BCUT2D eigenvalue weighted by Crippen LogP contribution is -2.54. The molecule has 0 spiro atoms. The van der Waals surface area contributed by atoms with Crippen LogP contribution in [0.3, 0.4) is 0 Å². The molecule has 1 heteroatoms. The van der Waals surface area contributed by atoms with E-state index in [2.05, 4.69) is 60.3 Å². The summed E-state index contributed by atoms with van der Waals surface area (Å²) < 4.78 is 0. The minimum atomic E-state index is 0.295. The van der Waals surface area contributed by atoms with E-state index >= 15 is 0 Å². The first-order chi connectivity index (χ1) is 7.05. The second-order valence-corrected chi connectivity index (χ2v) is 7.85. The number of likely N-dealkylation sites (tertiary alicyclic amines) is 1. The van der Waals surface area contributed by atoms with Gasteiger partial charge in [0.25, 0.3) is 0 Å². The van der Waals surface area contributed by atoms with E-state index in [1.165, 1.54) is 12.8 Å². The molecule has 1 saturated heterocycles. The predicted octanol–water partition coefficient (Wildman–Crippen LogP) is 4.32. The van der Waals surface area contributed by atoms with Gasteiger partial charge in [-0.3, -0.25) is 4.90 Å². The fourth-order valence-electron chi connectivity index (χ4n) is 3.31. The first kappa shape index (κ1) is 14.0. The van der Waals surface area contributed by atoms with E-state index in [1.807, 2.05) is 0 Å². The Hall–Kier alpha value is -0.0400. The lowest BCUT2D eigenvalue weighted by Gasteiger charge is -2.47. The van der Waals surface area contributed by atoms with Crippen molar-refractivity contribution >= 4 is 0 Å². The molecule has 96 valence electrons. The highest BCUT2D eigenvalue weighted by molar-refractivity contribution is 4.99. The SMILES string of the molecule is CC(C)C1CCC(C(C)(C)C)N1C(C)(C)C. The van der Waals surface area contributed by atoms with Crippen LogP contribution in [0.2, 0.25) is 0 Å². The first-order valence-corrected chi connectivity index (χ1v) is 6.83. The Labute approximate surface area is 103 Å². The minimum absolute atomic E-state index is 0.295. The maximum atomic E-state index is 2.79. The van der Waals surface area contributed by atoms with Crippen LogP contribution in [-0.4, -0.2) is 22.5 Å². The van der Waals surface area contributed by atoms with Gasteiger partial charge in [-0.05, 0) is 44.9 Å². The van der Waals surface area contributed by atoms with Gasteiger partial charge in [0.15, 0.2) is 0 Å². The van der Waals surface area contributed by atoms with Crippen molar-refractivity contribution in [3.05, 3.63) is 0 Å². The first-order valence-electron chi connectivity index (χ1n) is 6.83. The van der Waals surface area contributed by atoms with Crippen molar-refractivity contribution in [3.8, 4) is 0 Å². The van der Waals surface area contributed by atoms with Crippen LogP contribution in [0.5, 0.6) is 0 Å². The Balaban J connectivity index is 2.98. The van der Waals surface area contributed by atoms with Crippen LogP contribution in [0.15, 0.2) is 0 Å². The number of nitrogens with zero attached hydrogens (tertiary/aromatic N) is 1. The predicted molar refractivity (Wildman–Crippen MR) is 72.7 cm³/mol. The molecule has 0 amide bonds. The maximum absolute atomic E-state index is 2.79. The third-order valence-electron chi connectivity index (χ3n) is 3.97. The standard InChI is InChI=1S/C15H31N/c1-11(2)12-9-10-13(14(3,4)5)16(12)15(6,7)8/h11-13H,9-10H2,1-8H3. The summed E-state index contributed by atoms with van der Waals surface area (Å²) >= 11 is 0. The number of hydrogen-bond acceptors (Lipinski definition) is 1.